The normalized spacial score (nSPS) is 18.1. The van der Waals surface area contributed by atoms with E-state index in [9.17, 15) is 9.59 Å². The van der Waals surface area contributed by atoms with Gasteiger partial charge in [0.1, 0.15) is 0 Å². The number of likely N-dealkylation sites (tertiary alicyclic amines) is 2. The summed E-state index contributed by atoms with van der Waals surface area (Å²) in [6.45, 7) is 4.61. The highest BCUT2D eigenvalue weighted by molar-refractivity contribution is 5.97. The number of amides is 2. The first-order chi connectivity index (χ1) is 14.2. The van der Waals surface area contributed by atoms with Crippen LogP contribution in [0.5, 0.6) is 0 Å². The number of hydrogen-bond acceptors (Lipinski definition) is 4. The van der Waals surface area contributed by atoms with Crippen LogP contribution in [0.4, 0.5) is 5.69 Å². The van der Waals surface area contributed by atoms with Crippen molar-refractivity contribution in [2.45, 2.75) is 44.7 Å². The molecule has 0 saturated carbocycles. The standard InChI is InChI=1S/C22H29N5O2/c28-21(8-12-25-15-9-23-17-25)24-19-5-3-4-18(16-19)22(29)27-13-6-20(7-14-27)26-10-1-2-11-26/h3-5,9,15-17,20H,1-2,6-8,10-14H2,(H,24,28). The monoisotopic (exact) mass is 395 g/mol. The predicted octanol–water partition coefficient (Wildman–Crippen LogP) is 2.61. The van der Waals surface area contributed by atoms with Gasteiger partial charge in [0.25, 0.3) is 5.91 Å². The summed E-state index contributed by atoms with van der Waals surface area (Å²) < 4.78 is 1.87. The lowest BCUT2D eigenvalue weighted by Gasteiger charge is -2.36. The molecule has 2 aliphatic rings. The summed E-state index contributed by atoms with van der Waals surface area (Å²) in [7, 11) is 0. The second kappa shape index (κ2) is 9.22. The predicted molar refractivity (Wildman–Crippen MR) is 112 cm³/mol. The smallest absolute Gasteiger partial charge is 0.253 e. The third-order valence-corrected chi connectivity index (χ3v) is 5.96. The van der Waals surface area contributed by atoms with E-state index in [0.717, 1.165) is 25.9 Å². The first-order valence-corrected chi connectivity index (χ1v) is 10.6. The van der Waals surface area contributed by atoms with E-state index in [0.29, 0.717) is 30.3 Å². The van der Waals surface area contributed by atoms with E-state index in [1.54, 1.807) is 18.6 Å². The van der Waals surface area contributed by atoms with Crippen LogP contribution < -0.4 is 5.32 Å². The van der Waals surface area contributed by atoms with Gasteiger partial charge < -0.3 is 19.7 Å². The Labute approximate surface area is 171 Å². The summed E-state index contributed by atoms with van der Waals surface area (Å²) in [5, 5.41) is 2.90. The summed E-state index contributed by atoms with van der Waals surface area (Å²) in [4.78, 5) is 33.7. The van der Waals surface area contributed by atoms with Crippen LogP contribution in [0.3, 0.4) is 0 Å². The number of nitrogens with one attached hydrogen (secondary N) is 1. The Morgan fingerprint density at radius 2 is 1.90 bits per heavy atom. The number of benzene rings is 1. The van der Waals surface area contributed by atoms with Gasteiger partial charge in [-0.15, -0.1) is 0 Å². The zero-order chi connectivity index (χ0) is 20.1. The Balaban J connectivity index is 1.29. The van der Waals surface area contributed by atoms with Gasteiger partial charge in [0, 0.05) is 55.7 Å². The van der Waals surface area contributed by atoms with Crippen LogP contribution in [-0.4, -0.2) is 63.4 Å². The fourth-order valence-corrected chi connectivity index (χ4v) is 4.33. The van der Waals surface area contributed by atoms with Crippen LogP contribution >= 0.6 is 0 Å². The molecular weight excluding hydrogens is 366 g/mol. The van der Waals surface area contributed by atoms with Crippen molar-refractivity contribution in [2.24, 2.45) is 0 Å². The van der Waals surface area contributed by atoms with Crippen molar-refractivity contribution in [1.82, 2.24) is 19.4 Å². The zero-order valence-electron chi connectivity index (χ0n) is 16.8. The zero-order valence-corrected chi connectivity index (χ0v) is 16.8. The molecule has 2 amide bonds. The second-order valence-electron chi connectivity index (χ2n) is 7.95. The molecule has 0 aliphatic carbocycles. The molecule has 3 heterocycles. The molecule has 0 atom stereocenters. The van der Waals surface area contributed by atoms with Crippen molar-refractivity contribution in [2.75, 3.05) is 31.5 Å². The molecule has 1 N–H and O–H groups in total. The van der Waals surface area contributed by atoms with Gasteiger partial charge in [-0.1, -0.05) is 6.07 Å². The van der Waals surface area contributed by atoms with Gasteiger partial charge in [-0.2, -0.15) is 0 Å². The number of carbonyl (C=O) groups is 2. The molecule has 154 valence electrons. The van der Waals surface area contributed by atoms with E-state index in [1.165, 1.54) is 25.9 Å². The molecule has 7 nitrogen and oxygen atoms in total. The van der Waals surface area contributed by atoms with Crippen molar-refractivity contribution in [1.29, 1.82) is 0 Å². The highest BCUT2D eigenvalue weighted by Crippen LogP contribution is 2.22. The topological polar surface area (TPSA) is 70.5 Å². The van der Waals surface area contributed by atoms with E-state index in [1.807, 2.05) is 33.9 Å². The molecule has 0 bridgehead atoms. The van der Waals surface area contributed by atoms with Gasteiger partial charge >= 0.3 is 0 Å². The third kappa shape index (κ3) is 5.03. The average Bonchev–Trinajstić information content (AvgIpc) is 3.46. The lowest BCUT2D eigenvalue weighted by Crippen LogP contribution is -2.45. The number of rotatable bonds is 6. The minimum absolute atomic E-state index is 0.0550. The van der Waals surface area contributed by atoms with Gasteiger partial charge in [-0.05, 0) is 57.0 Å². The van der Waals surface area contributed by atoms with Crippen molar-refractivity contribution in [3.8, 4) is 0 Å². The number of nitrogens with zero attached hydrogens (tertiary/aromatic N) is 4. The summed E-state index contributed by atoms with van der Waals surface area (Å²) >= 11 is 0. The van der Waals surface area contributed by atoms with Gasteiger partial charge in [-0.25, -0.2) is 4.98 Å². The number of piperidine rings is 1. The van der Waals surface area contributed by atoms with Gasteiger partial charge in [0.2, 0.25) is 5.91 Å². The molecule has 4 rings (SSSR count). The SMILES string of the molecule is O=C(CCn1ccnc1)Nc1cccc(C(=O)N2CCC(N3CCCC3)CC2)c1. The quantitative estimate of drug-likeness (QED) is 0.816. The minimum atomic E-state index is -0.0743. The van der Waals surface area contributed by atoms with E-state index in [4.69, 9.17) is 0 Å². The molecule has 2 aromatic rings. The molecule has 0 spiro atoms. The summed E-state index contributed by atoms with van der Waals surface area (Å²) in [5.41, 5.74) is 1.30. The Morgan fingerprint density at radius 1 is 1.10 bits per heavy atom. The molecule has 1 aromatic heterocycles. The van der Waals surface area contributed by atoms with Crippen molar-refractivity contribution in [3.63, 3.8) is 0 Å². The highest BCUT2D eigenvalue weighted by Gasteiger charge is 2.28. The molecule has 0 radical (unpaired) electrons. The Bertz CT molecular complexity index is 821. The maximum absolute atomic E-state index is 12.9. The Hall–Kier alpha value is -2.67. The number of anilines is 1. The van der Waals surface area contributed by atoms with E-state index in [2.05, 4.69) is 15.2 Å². The molecule has 2 fully saturated rings. The van der Waals surface area contributed by atoms with Crippen LogP contribution in [0.1, 0.15) is 42.5 Å². The summed E-state index contributed by atoms with van der Waals surface area (Å²) in [5.74, 6) is -0.0193. The number of hydrogen-bond donors (Lipinski definition) is 1. The van der Waals surface area contributed by atoms with Crippen LogP contribution in [0.15, 0.2) is 43.0 Å². The number of carbonyl (C=O) groups excluding carboxylic acids is 2. The fraction of sp³-hybridized carbons (Fsp3) is 0.500. The minimum Gasteiger partial charge on any atom is -0.339 e. The Morgan fingerprint density at radius 3 is 2.62 bits per heavy atom. The number of aromatic nitrogens is 2. The van der Waals surface area contributed by atoms with Crippen LogP contribution in [-0.2, 0) is 11.3 Å². The molecule has 2 aliphatic heterocycles. The van der Waals surface area contributed by atoms with E-state index in [-0.39, 0.29) is 11.8 Å². The summed E-state index contributed by atoms with van der Waals surface area (Å²) in [6.07, 6.45) is 10.3. The van der Waals surface area contributed by atoms with Crippen LogP contribution in [0, 0.1) is 0 Å². The number of imidazole rings is 1. The maximum atomic E-state index is 12.9. The summed E-state index contributed by atoms with van der Waals surface area (Å²) in [6, 6.07) is 7.89. The second-order valence-corrected chi connectivity index (χ2v) is 7.95. The fourth-order valence-electron chi connectivity index (χ4n) is 4.33. The molecule has 0 unspecified atom stereocenters. The van der Waals surface area contributed by atoms with Gasteiger partial charge in [0.05, 0.1) is 6.33 Å². The molecule has 2 saturated heterocycles. The average molecular weight is 396 g/mol. The van der Waals surface area contributed by atoms with Crippen molar-refractivity contribution < 1.29 is 9.59 Å². The molecule has 29 heavy (non-hydrogen) atoms. The third-order valence-electron chi connectivity index (χ3n) is 5.96. The first-order valence-electron chi connectivity index (χ1n) is 10.6. The van der Waals surface area contributed by atoms with Crippen molar-refractivity contribution >= 4 is 17.5 Å². The molecule has 1 aromatic carbocycles. The van der Waals surface area contributed by atoms with Gasteiger partial charge in [0.15, 0.2) is 0 Å². The molecular formula is C22H29N5O2. The maximum Gasteiger partial charge on any atom is 0.253 e. The lowest BCUT2D eigenvalue weighted by atomic mass is 10.0. The van der Waals surface area contributed by atoms with E-state index < -0.39 is 0 Å². The van der Waals surface area contributed by atoms with Crippen LogP contribution in [0.2, 0.25) is 0 Å². The number of aryl methyl sites for hydroxylation is 1. The van der Waals surface area contributed by atoms with Crippen molar-refractivity contribution in [3.05, 3.63) is 48.5 Å². The van der Waals surface area contributed by atoms with Gasteiger partial charge in [-0.3, -0.25) is 9.59 Å². The highest BCUT2D eigenvalue weighted by atomic mass is 16.2. The lowest BCUT2D eigenvalue weighted by molar-refractivity contribution is -0.116. The first kappa shape index (κ1) is 19.6. The van der Waals surface area contributed by atoms with Crippen LogP contribution in [0.25, 0.3) is 0 Å². The molecule has 7 heteroatoms. The largest absolute Gasteiger partial charge is 0.339 e. The Kier molecular flexibility index (Phi) is 6.24. The van der Waals surface area contributed by atoms with E-state index >= 15 is 0 Å².